The summed E-state index contributed by atoms with van der Waals surface area (Å²) in [4.78, 5) is 26.5. The van der Waals surface area contributed by atoms with Gasteiger partial charge in [0.05, 0.1) is 18.8 Å². The molecule has 116 valence electrons. The van der Waals surface area contributed by atoms with E-state index >= 15 is 0 Å². The molecule has 2 aromatic heterocycles. The normalized spacial score (nSPS) is 18.2. The van der Waals surface area contributed by atoms with Crippen LogP contribution in [0.3, 0.4) is 0 Å². The first kappa shape index (κ1) is 14.4. The van der Waals surface area contributed by atoms with E-state index in [2.05, 4.69) is 5.32 Å². The lowest BCUT2D eigenvalue weighted by Gasteiger charge is -2.34. The van der Waals surface area contributed by atoms with Gasteiger partial charge in [-0.15, -0.1) is 0 Å². The van der Waals surface area contributed by atoms with Crippen molar-refractivity contribution in [2.75, 3.05) is 6.54 Å². The molecule has 6 heteroatoms. The molecule has 0 radical (unpaired) electrons. The summed E-state index contributed by atoms with van der Waals surface area (Å²) in [5.41, 5.74) is 0.896. The Kier molecular flexibility index (Phi) is 4.27. The molecule has 0 aliphatic carbocycles. The molecular weight excluding hydrogens is 284 g/mol. The highest BCUT2D eigenvalue weighted by molar-refractivity contribution is 5.95. The van der Waals surface area contributed by atoms with E-state index in [1.165, 1.54) is 6.26 Å². The minimum absolute atomic E-state index is 0.138. The molecule has 1 aliphatic heterocycles. The zero-order chi connectivity index (χ0) is 15.4. The second-order valence-electron chi connectivity index (χ2n) is 5.34. The Bertz CT molecular complexity index is 619. The van der Waals surface area contributed by atoms with Crippen LogP contribution in [-0.2, 0) is 11.3 Å². The fourth-order valence-electron chi connectivity index (χ4n) is 2.69. The third-order valence-electron chi connectivity index (χ3n) is 3.85. The van der Waals surface area contributed by atoms with Crippen molar-refractivity contribution in [3.8, 4) is 0 Å². The SMILES string of the molecule is O=C(NCc1ccoc1)[C@H]1CCCCN1C(=O)c1ccco1. The smallest absolute Gasteiger partial charge is 0.290 e. The number of likely N-dealkylation sites (tertiary alicyclic amines) is 1. The number of nitrogens with zero attached hydrogens (tertiary/aromatic N) is 1. The van der Waals surface area contributed by atoms with Gasteiger partial charge in [0.25, 0.3) is 5.91 Å². The molecule has 1 fully saturated rings. The number of hydrogen-bond donors (Lipinski definition) is 1. The van der Waals surface area contributed by atoms with E-state index in [1.54, 1.807) is 35.6 Å². The van der Waals surface area contributed by atoms with Crippen molar-refractivity contribution in [3.63, 3.8) is 0 Å². The maximum atomic E-state index is 12.4. The lowest BCUT2D eigenvalue weighted by molar-refractivity contribution is -0.126. The Hall–Kier alpha value is -2.50. The predicted molar refractivity (Wildman–Crippen MR) is 77.9 cm³/mol. The molecule has 6 nitrogen and oxygen atoms in total. The Labute approximate surface area is 128 Å². The Morgan fingerprint density at radius 3 is 2.91 bits per heavy atom. The van der Waals surface area contributed by atoms with Crippen LogP contribution in [0, 0.1) is 0 Å². The van der Waals surface area contributed by atoms with Gasteiger partial charge in [0.2, 0.25) is 5.91 Å². The number of amides is 2. The van der Waals surface area contributed by atoms with Crippen LogP contribution in [0.1, 0.15) is 35.4 Å². The number of piperidine rings is 1. The van der Waals surface area contributed by atoms with Gasteiger partial charge in [-0.25, -0.2) is 0 Å². The van der Waals surface area contributed by atoms with Gasteiger partial charge in [-0.2, -0.15) is 0 Å². The Morgan fingerprint density at radius 2 is 2.18 bits per heavy atom. The maximum Gasteiger partial charge on any atom is 0.290 e. The van der Waals surface area contributed by atoms with Gasteiger partial charge >= 0.3 is 0 Å². The zero-order valence-corrected chi connectivity index (χ0v) is 12.2. The van der Waals surface area contributed by atoms with Crippen molar-refractivity contribution >= 4 is 11.8 Å². The van der Waals surface area contributed by atoms with Crippen molar-refractivity contribution in [1.29, 1.82) is 0 Å². The standard InChI is InChI=1S/C16H18N2O4/c19-15(17-10-12-6-9-21-11-12)13-4-1-2-7-18(13)16(20)14-5-3-8-22-14/h3,5-6,8-9,11,13H,1-2,4,7,10H2,(H,17,19)/t13-/m1/s1. The second-order valence-corrected chi connectivity index (χ2v) is 5.34. The quantitative estimate of drug-likeness (QED) is 0.939. The molecule has 0 spiro atoms. The molecule has 1 atom stereocenters. The minimum atomic E-state index is -0.446. The van der Waals surface area contributed by atoms with Gasteiger partial charge < -0.3 is 19.1 Å². The highest BCUT2D eigenvalue weighted by Gasteiger charge is 2.33. The molecule has 2 aromatic rings. The van der Waals surface area contributed by atoms with Crippen LogP contribution in [0.25, 0.3) is 0 Å². The number of rotatable bonds is 4. The number of hydrogen-bond acceptors (Lipinski definition) is 4. The van der Waals surface area contributed by atoms with Gasteiger partial charge in [-0.1, -0.05) is 0 Å². The monoisotopic (exact) mass is 302 g/mol. The van der Waals surface area contributed by atoms with Gasteiger partial charge in [0, 0.05) is 18.7 Å². The van der Waals surface area contributed by atoms with Crippen LogP contribution in [0.5, 0.6) is 0 Å². The average Bonchev–Trinajstić information content (AvgIpc) is 3.25. The van der Waals surface area contributed by atoms with Gasteiger partial charge in [-0.05, 0) is 37.5 Å². The van der Waals surface area contributed by atoms with E-state index in [9.17, 15) is 9.59 Å². The molecule has 3 heterocycles. The summed E-state index contributed by atoms with van der Waals surface area (Å²) in [6.45, 7) is 0.970. The van der Waals surface area contributed by atoms with E-state index < -0.39 is 6.04 Å². The van der Waals surface area contributed by atoms with Gasteiger partial charge in [0.1, 0.15) is 6.04 Å². The summed E-state index contributed by atoms with van der Waals surface area (Å²) < 4.78 is 10.1. The summed E-state index contributed by atoms with van der Waals surface area (Å²) in [5.74, 6) is -0.0940. The summed E-state index contributed by atoms with van der Waals surface area (Å²) in [6, 6.07) is 4.65. The minimum Gasteiger partial charge on any atom is -0.472 e. The molecule has 2 amide bonds. The first-order chi connectivity index (χ1) is 10.8. The molecule has 1 N–H and O–H groups in total. The second kappa shape index (κ2) is 6.51. The molecule has 22 heavy (non-hydrogen) atoms. The van der Waals surface area contributed by atoms with Gasteiger partial charge in [0.15, 0.2) is 5.76 Å². The summed E-state index contributed by atoms with van der Waals surface area (Å²) in [7, 11) is 0. The zero-order valence-electron chi connectivity index (χ0n) is 12.2. The van der Waals surface area contributed by atoms with Gasteiger partial charge in [-0.3, -0.25) is 9.59 Å². The van der Waals surface area contributed by atoms with Crippen LogP contribution < -0.4 is 5.32 Å². The highest BCUT2D eigenvalue weighted by atomic mass is 16.3. The molecular formula is C16H18N2O4. The lowest BCUT2D eigenvalue weighted by Crippen LogP contribution is -2.51. The van der Waals surface area contributed by atoms with Crippen molar-refractivity contribution in [1.82, 2.24) is 10.2 Å². The molecule has 1 saturated heterocycles. The fraction of sp³-hybridized carbons (Fsp3) is 0.375. The molecule has 3 rings (SSSR count). The largest absolute Gasteiger partial charge is 0.472 e. The van der Waals surface area contributed by atoms with E-state index in [4.69, 9.17) is 8.83 Å². The topological polar surface area (TPSA) is 75.7 Å². The molecule has 1 aliphatic rings. The first-order valence-corrected chi connectivity index (χ1v) is 7.39. The molecule has 0 unspecified atom stereocenters. The molecule has 0 bridgehead atoms. The van der Waals surface area contributed by atoms with Crippen LogP contribution in [0.4, 0.5) is 0 Å². The van der Waals surface area contributed by atoms with Crippen LogP contribution >= 0.6 is 0 Å². The summed E-state index contributed by atoms with van der Waals surface area (Å²) >= 11 is 0. The molecule has 0 aromatic carbocycles. The van der Waals surface area contributed by atoms with Crippen molar-refractivity contribution < 1.29 is 18.4 Å². The number of carbonyl (C=O) groups is 2. The number of furan rings is 2. The fourth-order valence-corrected chi connectivity index (χ4v) is 2.69. The van der Waals surface area contributed by atoms with Crippen LogP contribution in [0.15, 0.2) is 45.8 Å². The molecule has 0 saturated carbocycles. The summed E-state index contributed by atoms with van der Waals surface area (Å²) in [5, 5.41) is 2.86. The van der Waals surface area contributed by atoms with Crippen molar-refractivity contribution in [2.24, 2.45) is 0 Å². The summed E-state index contributed by atoms with van der Waals surface area (Å²) in [6.07, 6.45) is 7.13. The van der Waals surface area contributed by atoms with Crippen LogP contribution in [0.2, 0.25) is 0 Å². The van der Waals surface area contributed by atoms with E-state index in [0.717, 1.165) is 18.4 Å². The van der Waals surface area contributed by atoms with E-state index in [1.807, 2.05) is 0 Å². The van der Waals surface area contributed by atoms with E-state index in [0.29, 0.717) is 19.5 Å². The predicted octanol–water partition coefficient (Wildman–Crippen LogP) is 2.18. The third kappa shape index (κ3) is 3.05. The Morgan fingerprint density at radius 1 is 1.27 bits per heavy atom. The van der Waals surface area contributed by atoms with Crippen molar-refractivity contribution in [2.45, 2.75) is 31.8 Å². The number of nitrogens with one attached hydrogen (secondary N) is 1. The highest BCUT2D eigenvalue weighted by Crippen LogP contribution is 2.20. The van der Waals surface area contributed by atoms with Crippen molar-refractivity contribution in [3.05, 3.63) is 48.3 Å². The lowest BCUT2D eigenvalue weighted by atomic mass is 10.0. The Balaban J connectivity index is 1.66. The first-order valence-electron chi connectivity index (χ1n) is 7.39. The maximum absolute atomic E-state index is 12.4. The third-order valence-corrected chi connectivity index (χ3v) is 3.85. The van der Waals surface area contributed by atoms with E-state index in [-0.39, 0.29) is 17.6 Å². The average molecular weight is 302 g/mol. The van der Waals surface area contributed by atoms with Crippen LogP contribution in [-0.4, -0.2) is 29.3 Å². The number of carbonyl (C=O) groups excluding carboxylic acids is 2.